The lowest BCUT2D eigenvalue weighted by Gasteiger charge is -2.37. The maximum atomic E-state index is 14.3. The number of rotatable bonds is 2. The summed E-state index contributed by atoms with van der Waals surface area (Å²) < 4.78 is 25.5. The van der Waals surface area contributed by atoms with Crippen LogP contribution < -0.4 is 0 Å². The topological polar surface area (TPSA) is 38.8 Å². The van der Waals surface area contributed by atoms with Gasteiger partial charge in [0.1, 0.15) is 11.8 Å². The Labute approximate surface area is 127 Å². The second-order valence-electron chi connectivity index (χ2n) is 7.17. The second-order valence-corrected chi connectivity index (χ2v) is 7.17. The fraction of sp³-hybridized carbons (Fsp3) is 0.938. The van der Waals surface area contributed by atoms with Gasteiger partial charge in [-0.3, -0.25) is 0 Å². The highest BCUT2D eigenvalue weighted by molar-refractivity contribution is 5.68. The van der Waals surface area contributed by atoms with E-state index >= 15 is 0 Å². The van der Waals surface area contributed by atoms with E-state index in [9.17, 15) is 9.18 Å². The Morgan fingerprint density at radius 1 is 1.14 bits per heavy atom. The van der Waals surface area contributed by atoms with Crippen molar-refractivity contribution in [3.05, 3.63) is 0 Å². The smallest absolute Gasteiger partial charge is 0.410 e. The van der Waals surface area contributed by atoms with Crippen molar-refractivity contribution in [1.82, 2.24) is 4.90 Å². The minimum absolute atomic E-state index is 0.0757. The molecule has 1 amide bonds. The molecule has 0 radical (unpaired) electrons. The van der Waals surface area contributed by atoms with Gasteiger partial charge in [0.25, 0.3) is 0 Å². The molecule has 1 saturated carbocycles. The van der Waals surface area contributed by atoms with Gasteiger partial charge in [0.2, 0.25) is 0 Å². The molecule has 4 nitrogen and oxygen atoms in total. The lowest BCUT2D eigenvalue weighted by Crippen LogP contribution is -2.50. The molecule has 1 heterocycles. The van der Waals surface area contributed by atoms with Crippen LogP contribution in [0.3, 0.4) is 0 Å². The third-order valence-electron chi connectivity index (χ3n) is 4.05. The Morgan fingerprint density at radius 2 is 1.81 bits per heavy atom. The summed E-state index contributed by atoms with van der Waals surface area (Å²) in [6.07, 6.45) is 4.54. The summed E-state index contributed by atoms with van der Waals surface area (Å²) in [7, 11) is 0. The summed E-state index contributed by atoms with van der Waals surface area (Å²) in [6.45, 7) is 6.03. The molecule has 2 atom stereocenters. The summed E-state index contributed by atoms with van der Waals surface area (Å²) in [6, 6.07) is 0. The quantitative estimate of drug-likeness (QED) is 0.781. The van der Waals surface area contributed by atoms with Crippen molar-refractivity contribution < 1.29 is 18.7 Å². The lowest BCUT2D eigenvalue weighted by atomic mass is 9.97. The Morgan fingerprint density at radius 3 is 2.38 bits per heavy atom. The predicted molar refractivity (Wildman–Crippen MR) is 79.1 cm³/mol. The first-order valence-electron chi connectivity index (χ1n) is 8.12. The minimum Gasteiger partial charge on any atom is -0.444 e. The minimum atomic E-state index is -1.12. The molecule has 0 aromatic heterocycles. The van der Waals surface area contributed by atoms with Gasteiger partial charge in [-0.25, -0.2) is 9.18 Å². The largest absolute Gasteiger partial charge is 0.444 e. The number of carbonyl (C=O) groups excluding carboxylic acids is 1. The molecule has 122 valence electrons. The zero-order chi connectivity index (χ0) is 15.5. The zero-order valence-electron chi connectivity index (χ0n) is 13.4. The molecule has 2 aliphatic rings. The summed E-state index contributed by atoms with van der Waals surface area (Å²) in [5.74, 6) is 0. The third-order valence-corrected chi connectivity index (χ3v) is 4.05. The van der Waals surface area contributed by atoms with Crippen LogP contribution in [0.5, 0.6) is 0 Å². The number of hydrogen-bond donors (Lipinski definition) is 0. The van der Waals surface area contributed by atoms with Crippen molar-refractivity contribution in [2.24, 2.45) is 0 Å². The van der Waals surface area contributed by atoms with Gasteiger partial charge in [0.15, 0.2) is 0 Å². The third kappa shape index (κ3) is 5.13. The number of likely N-dealkylation sites (tertiary alicyclic amines) is 1. The van der Waals surface area contributed by atoms with Crippen molar-refractivity contribution in [1.29, 1.82) is 0 Å². The predicted octanol–water partition coefficient (Wildman–Crippen LogP) is 3.68. The lowest BCUT2D eigenvalue weighted by molar-refractivity contribution is -0.0927. The highest BCUT2D eigenvalue weighted by atomic mass is 19.1. The van der Waals surface area contributed by atoms with E-state index in [4.69, 9.17) is 9.47 Å². The molecule has 0 bridgehead atoms. The SMILES string of the molecule is CC(C)(C)OC(=O)N1CC[C@@H](OC2CCCCC2)[C@@H](F)C1. The normalized spacial score (nSPS) is 28.5. The molecule has 0 N–H and O–H groups in total. The molecular formula is C16H28FNO3. The van der Waals surface area contributed by atoms with Gasteiger partial charge in [-0.15, -0.1) is 0 Å². The molecule has 1 saturated heterocycles. The van der Waals surface area contributed by atoms with Gasteiger partial charge in [0.05, 0.1) is 18.8 Å². The first-order valence-corrected chi connectivity index (χ1v) is 8.12. The van der Waals surface area contributed by atoms with Crippen LogP contribution in [0.15, 0.2) is 0 Å². The highest BCUT2D eigenvalue weighted by Gasteiger charge is 2.35. The summed E-state index contributed by atoms with van der Waals surface area (Å²) in [4.78, 5) is 13.4. The maximum absolute atomic E-state index is 14.3. The molecule has 2 fully saturated rings. The molecule has 0 unspecified atom stereocenters. The van der Waals surface area contributed by atoms with Crippen molar-refractivity contribution in [2.45, 2.75) is 83.3 Å². The molecule has 0 aromatic rings. The number of nitrogens with zero attached hydrogens (tertiary/aromatic N) is 1. The number of carbonyl (C=O) groups is 1. The Bertz CT molecular complexity index is 350. The van der Waals surface area contributed by atoms with E-state index in [-0.39, 0.29) is 18.8 Å². The van der Waals surface area contributed by atoms with E-state index in [0.29, 0.717) is 13.0 Å². The first kappa shape index (κ1) is 16.5. The Balaban J connectivity index is 1.79. The maximum Gasteiger partial charge on any atom is 0.410 e. The monoisotopic (exact) mass is 301 g/mol. The molecule has 1 aliphatic carbocycles. The Kier molecular flexibility index (Phi) is 5.47. The van der Waals surface area contributed by atoms with E-state index < -0.39 is 17.9 Å². The van der Waals surface area contributed by atoms with Crippen molar-refractivity contribution in [3.63, 3.8) is 0 Å². The van der Waals surface area contributed by atoms with Gasteiger partial charge in [-0.2, -0.15) is 0 Å². The van der Waals surface area contributed by atoms with Crippen LogP contribution in [0.2, 0.25) is 0 Å². The van der Waals surface area contributed by atoms with Crippen molar-refractivity contribution >= 4 is 6.09 Å². The van der Waals surface area contributed by atoms with Gasteiger partial charge in [0, 0.05) is 6.54 Å². The second kappa shape index (κ2) is 6.95. The van der Waals surface area contributed by atoms with Crippen molar-refractivity contribution in [3.8, 4) is 0 Å². The zero-order valence-corrected chi connectivity index (χ0v) is 13.4. The molecule has 2 rings (SSSR count). The number of halogens is 1. The Hall–Kier alpha value is -0.840. The van der Waals surface area contributed by atoms with E-state index in [0.717, 1.165) is 12.8 Å². The van der Waals surface area contributed by atoms with E-state index in [1.165, 1.54) is 24.2 Å². The summed E-state index contributed by atoms with van der Waals surface area (Å²) in [5.41, 5.74) is -0.543. The van der Waals surface area contributed by atoms with Crippen LogP contribution in [0.25, 0.3) is 0 Å². The van der Waals surface area contributed by atoms with Gasteiger partial charge in [-0.1, -0.05) is 19.3 Å². The summed E-state index contributed by atoms with van der Waals surface area (Å²) >= 11 is 0. The van der Waals surface area contributed by atoms with Crippen molar-refractivity contribution in [2.75, 3.05) is 13.1 Å². The van der Waals surface area contributed by atoms with Crippen LogP contribution in [-0.2, 0) is 9.47 Å². The fourth-order valence-electron chi connectivity index (χ4n) is 2.98. The molecule has 1 aliphatic heterocycles. The molecule has 21 heavy (non-hydrogen) atoms. The number of alkyl halides is 1. The first-order chi connectivity index (χ1) is 9.85. The van der Waals surface area contributed by atoms with Crippen LogP contribution in [0.1, 0.15) is 59.3 Å². The van der Waals surface area contributed by atoms with E-state index in [2.05, 4.69) is 0 Å². The van der Waals surface area contributed by atoms with Crippen LogP contribution in [-0.4, -0.2) is 48.1 Å². The van der Waals surface area contributed by atoms with Crippen LogP contribution in [0.4, 0.5) is 9.18 Å². The average Bonchev–Trinajstić information content (AvgIpc) is 2.40. The standard InChI is InChI=1S/C16H28FNO3/c1-16(2,3)21-15(19)18-10-9-14(13(17)11-18)20-12-7-5-4-6-8-12/h12-14H,4-11H2,1-3H3/t13-,14+/m0/s1. The number of amides is 1. The van der Waals surface area contributed by atoms with Crippen LogP contribution in [0, 0.1) is 0 Å². The molecule has 0 spiro atoms. The van der Waals surface area contributed by atoms with E-state index in [1.54, 1.807) is 0 Å². The highest BCUT2D eigenvalue weighted by Crippen LogP contribution is 2.26. The van der Waals surface area contributed by atoms with Gasteiger partial charge in [-0.05, 0) is 40.0 Å². The van der Waals surface area contributed by atoms with Gasteiger partial charge < -0.3 is 14.4 Å². The fourth-order valence-corrected chi connectivity index (χ4v) is 2.98. The average molecular weight is 301 g/mol. The van der Waals surface area contributed by atoms with Gasteiger partial charge >= 0.3 is 6.09 Å². The molecule has 5 heteroatoms. The number of hydrogen-bond acceptors (Lipinski definition) is 3. The summed E-state index contributed by atoms with van der Waals surface area (Å²) in [5, 5.41) is 0. The van der Waals surface area contributed by atoms with E-state index in [1.807, 2.05) is 20.8 Å². The molecule has 0 aromatic carbocycles. The molecular weight excluding hydrogens is 273 g/mol. The van der Waals surface area contributed by atoms with Crippen LogP contribution >= 0.6 is 0 Å². The number of ether oxygens (including phenoxy) is 2. The number of piperidine rings is 1.